The number of carbonyl (C=O) groups is 3. The van der Waals surface area contributed by atoms with Crippen LogP contribution < -0.4 is 0 Å². The van der Waals surface area contributed by atoms with Crippen LogP contribution in [-0.2, 0) is 28.6 Å². The number of ether oxygens (including phenoxy) is 3. The molecule has 0 aliphatic carbocycles. The van der Waals surface area contributed by atoms with E-state index in [1.54, 1.807) is 0 Å². The first-order valence-corrected chi connectivity index (χ1v) is 30.5. The number of hydrogen-bond acceptors (Lipinski definition) is 6. The molecule has 0 amide bonds. The Bertz CT molecular complexity index is 1160. The zero-order valence-electron chi connectivity index (χ0n) is 46.3. The Labute approximate surface area is 429 Å². The number of hydrogen-bond donors (Lipinski definition) is 0. The summed E-state index contributed by atoms with van der Waals surface area (Å²) in [6.07, 6.45) is 69.9. The maximum Gasteiger partial charge on any atom is 0.306 e. The summed E-state index contributed by atoms with van der Waals surface area (Å²) in [7, 11) is 0. The topological polar surface area (TPSA) is 78.9 Å². The van der Waals surface area contributed by atoms with Gasteiger partial charge >= 0.3 is 17.9 Å². The van der Waals surface area contributed by atoms with Crippen LogP contribution in [0, 0.1) is 0 Å². The van der Waals surface area contributed by atoms with Gasteiger partial charge in [0.15, 0.2) is 6.10 Å². The summed E-state index contributed by atoms with van der Waals surface area (Å²) < 4.78 is 16.9. The lowest BCUT2D eigenvalue weighted by Gasteiger charge is -2.18. The first-order valence-electron chi connectivity index (χ1n) is 30.5. The number of carbonyl (C=O) groups excluding carboxylic acids is 3. The summed E-state index contributed by atoms with van der Waals surface area (Å²) in [5.74, 6) is -0.875. The van der Waals surface area contributed by atoms with Crippen LogP contribution in [-0.4, -0.2) is 37.2 Å². The summed E-state index contributed by atoms with van der Waals surface area (Å²) in [4.78, 5) is 38.2. The van der Waals surface area contributed by atoms with Crippen molar-refractivity contribution in [3.8, 4) is 0 Å². The molecule has 0 radical (unpaired) electrons. The molecule has 0 N–H and O–H groups in total. The van der Waals surface area contributed by atoms with E-state index in [1.807, 2.05) is 0 Å². The van der Waals surface area contributed by atoms with Crippen LogP contribution in [0.15, 0.2) is 36.5 Å². The van der Waals surface area contributed by atoms with E-state index in [0.717, 1.165) is 64.2 Å². The second kappa shape index (κ2) is 58.2. The van der Waals surface area contributed by atoms with Crippen molar-refractivity contribution in [2.75, 3.05) is 13.2 Å². The highest BCUT2D eigenvalue weighted by Gasteiger charge is 2.19. The van der Waals surface area contributed by atoms with Crippen LogP contribution in [0.5, 0.6) is 0 Å². The van der Waals surface area contributed by atoms with E-state index < -0.39 is 6.10 Å². The average Bonchev–Trinajstić information content (AvgIpc) is 3.35. The lowest BCUT2D eigenvalue weighted by Crippen LogP contribution is -2.30. The Morgan fingerprint density at radius 3 is 0.725 bits per heavy atom. The molecule has 1 atom stereocenters. The van der Waals surface area contributed by atoms with Gasteiger partial charge in [0.05, 0.1) is 0 Å². The molecule has 6 nitrogen and oxygen atoms in total. The standard InChI is InChI=1S/C63H116O6/c1-4-7-10-13-16-19-22-25-28-30-31-33-35-38-41-44-47-50-53-56-62(65)68-59-60(58-67-61(64)55-52-49-46-43-40-37-34-27-24-21-18-15-12-9-6-3)69-63(66)57-54-51-48-45-42-39-36-32-29-26-23-20-17-14-11-8-5-2/h26-27,29-31,34,60H,4-25,28,32-33,35-59H2,1-3H3/b29-26-,31-30-,34-27-/t60-/m1/s1. The monoisotopic (exact) mass is 969 g/mol. The molecule has 0 saturated heterocycles. The second-order valence-corrected chi connectivity index (χ2v) is 20.6. The number of esters is 3. The molecule has 0 aromatic heterocycles. The molecule has 0 aliphatic heterocycles. The van der Waals surface area contributed by atoms with Crippen molar-refractivity contribution >= 4 is 17.9 Å². The van der Waals surface area contributed by atoms with Gasteiger partial charge in [-0.15, -0.1) is 0 Å². The molecule has 0 heterocycles. The van der Waals surface area contributed by atoms with E-state index >= 15 is 0 Å². The van der Waals surface area contributed by atoms with E-state index in [4.69, 9.17) is 14.2 Å². The van der Waals surface area contributed by atoms with Gasteiger partial charge < -0.3 is 14.2 Å². The summed E-state index contributed by atoms with van der Waals surface area (Å²) in [6.45, 7) is 6.66. The van der Waals surface area contributed by atoms with Crippen molar-refractivity contribution in [1.29, 1.82) is 0 Å². The fourth-order valence-corrected chi connectivity index (χ4v) is 8.96. The number of unbranched alkanes of at least 4 members (excludes halogenated alkanes) is 39. The number of allylic oxidation sites excluding steroid dienone is 6. The van der Waals surface area contributed by atoms with Crippen molar-refractivity contribution in [1.82, 2.24) is 0 Å². The van der Waals surface area contributed by atoms with Gasteiger partial charge in [-0.25, -0.2) is 0 Å². The van der Waals surface area contributed by atoms with Gasteiger partial charge in [-0.05, 0) is 96.3 Å². The summed E-state index contributed by atoms with van der Waals surface area (Å²) in [6, 6.07) is 0. The molecule has 0 spiro atoms. The van der Waals surface area contributed by atoms with Gasteiger partial charge in [-0.1, -0.05) is 250 Å². The summed E-state index contributed by atoms with van der Waals surface area (Å²) >= 11 is 0. The third-order valence-corrected chi connectivity index (χ3v) is 13.6. The third kappa shape index (κ3) is 56.4. The van der Waals surface area contributed by atoms with Crippen molar-refractivity contribution in [3.63, 3.8) is 0 Å². The van der Waals surface area contributed by atoms with E-state index in [9.17, 15) is 14.4 Å². The lowest BCUT2D eigenvalue weighted by atomic mass is 10.1. The van der Waals surface area contributed by atoms with Gasteiger partial charge in [0, 0.05) is 19.3 Å². The molecule has 69 heavy (non-hydrogen) atoms. The fraction of sp³-hybridized carbons (Fsp3) is 0.857. The zero-order chi connectivity index (χ0) is 50.0. The highest BCUT2D eigenvalue weighted by Crippen LogP contribution is 2.16. The zero-order valence-corrected chi connectivity index (χ0v) is 46.3. The highest BCUT2D eigenvalue weighted by atomic mass is 16.6. The van der Waals surface area contributed by atoms with Crippen molar-refractivity contribution in [2.45, 2.75) is 335 Å². The first kappa shape index (κ1) is 66.6. The minimum atomic E-state index is -0.778. The van der Waals surface area contributed by atoms with Crippen LogP contribution in [0.1, 0.15) is 329 Å². The van der Waals surface area contributed by atoms with Gasteiger partial charge in [-0.3, -0.25) is 14.4 Å². The summed E-state index contributed by atoms with van der Waals surface area (Å²) in [5.41, 5.74) is 0. The molecule has 0 unspecified atom stereocenters. The normalized spacial score (nSPS) is 12.2. The largest absolute Gasteiger partial charge is 0.462 e. The average molecular weight is 970 g/mol. The Balaban J connectivity index is 4.36. The van der Waals surface area contributed by atoms with Crippen LogP contribution in [0.3, 0.4) is 0 Å². The third-order valence-electron chi connectivity index (χ3n) is 13.6. The predicted octanol–water partition coefficient (Wildman–Crippen LogP) is 20.4. The van der Waals surface area contributed by atoms with Crippen LogP contribution in [0.2, 0.25) is 0 Å². The molecule has 0 fully saturated rings. The fourth-order valence-electron chi connectivity index (χ4n) is 8.96. The molecular formula is C63H116O6. The predicted molar refractivity (Wildman–Crippen MR) is 298 cm³/mol. The van der Waals surface area contributed by atoms with Crippen LogP contribution in [0.25, 0.3) is 0 Å². The van der Waals surface area contributed by atoms with Gasteiger partial charge in [0.2, 0.25) is 0 Å². The molecule has 0 saturated carbocycles. The Morgan fingerprint density at radius 1 is 0.275 bits per heavy atom. The minimum absolute atomic E-state index is 0.0763. The van der Waals surface area contributed by atoms with Crippen molar-refractivity contribution < 1.29 is 28.6 Å². The van der Waals surface area contributed by atoms with E-state index in [0.29, 0.717) is 19.3 Å². The van der Waals surface area contributed by atoms with Crippen LogP contribution in [0.4, 0.5) is 0 Å². The Hall–Kier alpha value is -2.37. The van der Waals surface area contributed by atoms with E-state index in [2.05, 4.69) is 57.2 Å². The summed E-state index contributed by atoms with van der Waals surface area (Å²) in [5, 5.41) is 0. The SMILES string of the molecule is CCCCCCCC/C=C\CCCCCCCCCC(=O)O[C@H](COC(=O)CCCCCCC/C=C\CCCCCCCC)COC(=O)CCCCCCCCC/C=C\CCCCCCCCCC. The molecule has 0 aromatic rings. The maximum atomic E-state index is 12.9. The van der Waals surface area contributed by atoms with Crippen molar-refractivity contribution in [3.05, 3.63) is 36.5 Å². The molecule has 0 aromatic carbocycles. The molecule has 6 heteroatoms. The van der Waals surface area contributed by atoms with Gasteiger partial charge in [0.25, 0.3) is 0 Å². The highest BCUT2D eigenvalue weighted by molar-refractivity contribution is 5.71. The van der Waals surface area contributed by atoms with E-state index in [1.165, 1.54) is 225 Å². The molecule has 0 rings (SSSR count). The Kier molecular flexibility index (Phi) is 56.2. The Morgan fingerprint density at radius 2 is 0.478 bits per heavy atom. The maximum absolute atomic E-state index is 12.9. The minimum Gasteiger partial charge on any atom is -0.462 e. The van der Waals surface area contributed by atoms with Crippen LogP contribution >= 0.6 is 0 Å². The molecule has 0 bridgehead atoms. The number of rotatable bonds is 56. The van der Waals surface area contributed by atoms with E-state index in [-0.39, 0.29) is 31.1 Å². The molecule has 0 aliphatic rings. The molecular weight excluding hydrogens is 853 g/mol. The quantitative estimate of drug-likeness (QED) is 0.0261. The van der Waals surface area contributed by atoms with Gasteiger partial charge in [0.1, 0.15) is 13.2 Å². The smallest absolute Gasteiger partial charge is 0.306 e. The van der Waals surface area contributed by atoms with Crippen molar-refractivity contribution in [2.24, 2.45) is 0 Å². The second-order valence-electron chi connectivity index (χ2n) is 20.6. The lowest BCUT2D eigenvalue weighted by molar-refractivity contribution is -0.167. The first-order chi connectivity index (χ1) is 34.0. The molecule has 404 valence electrons. The van der Waals surface area contributed by atoms with Gasteiger partial charge in [-0.2, -0.15) is 0 Å².